The molecule has 2 aromatic carbocycles. The number of nitrogens with zero attached hydrogens (tertiary/aromatic N) is 1. The highest BCUT2D eigenvalue weighted by Crippen LogP contribution is 2.36. The maximum absolute atomic E-state index is 8.92. The maximum Gasteiger partial charge on any atom is 0.144 e. The molecule has 0 atom stereocenters. The Balaban J connectivity index is 2.23. The summed E-state index contributed by atoms with van der Waals surface area (Å²) >= 11 is 12.6. The van der Waals surface area contributed by atoms with Crippen molar-refractivity contribution in [2.24, 2.45) is 5.16 Å². The Labute approximate surface area is 145 Å². The molecule has 23 heavy (non-hydrogen) atoms. The van der Waals surface area contributed by atoms with Crippen molar-refractivity contribution in [2.45, 2.75) is 20.5 Å². The largest absolute Gasteiger partial charge is 0.391 e. The molecule has 0 spiro atoms. The van der Waals surface area contributed by atoms with E-state index >= 15 is 0 Å². The van der Waals surface area contributed by atoms with E-state index in [1.165, 1.54) is 0 Å². The Kier molecular flexibility index (Phi) is 6.28. The lowest BCUT2D eigenvalue weighted by Gasteiger charge is -2.15. The molecule has 0 amide bonds. The number of aryl methyl sites for hydroxylation is 1. The highest BCUT2D eigenvalue weighted by Gasteiger charge is 2.11. The van der Waals surface area contributed by atoms with Crippen molar-refractivity contribution in [3.8, 4) is 0 Å². The third-order valence-corrected chi connectivity index (χ3v) is 4.03. The van der Waals surface area contributed by atoms with Gasteiger partial charge in [0.25, 0.3) is 0 Å². The Morgan fingerprint density at radius 3 is 2.70 bits per heavy atom. The molecule has 6 heteroatoms. The van der Waals surface area contributed by atoms with Crippen LogP contribution in [0.25, 0.3) is 0 Å². The van der Waals surface area contributed by atoms with Gasteiger partial charge in [-0.05, 0) is 31.5 Å². The van der Waals surface area contributed by atoms with Crippen molar-refractivity contribution < 1.29 is 9.94 Å². The average Bonchev–Trinajstić information content (AvgIpc) is 2.56. The van der Waals surface area contributed by atoms with E-state index in [-0.39, 0.29) is 13.2 Å². The van der Waals surface area contributed by atoms with E-state index in [0.717, 1.165) is 16.8 Å². The molecule has 0 aliphatic heterocycles. The molecule has 0 heterocycles. The van der Waals surface area contributed by atoms with Gasteiger partial charge in [0, 0.05) is 11.3 Å². The number of hydrogen-bond donors (Lipinski definition) is 2. The minimum atomic E-state index is -0.131. The quantitative estimate of drug-likeness (QED) is 0.572. The first-order valence-corrected chi connectivity index (χ1v) is 7.84. The fourth-order valence-corrected chi connectivity index (χ4v) is 2.38. The molecule has 0 unspecified atom stereocenters. The molecule has 0 bridgehead atoms. The van der Waals surface area contributed by atoms with Gasteiger partial charge in [0.15, 0.2) is 0 Å². The van der Waals surface area contributed by atoms with Gasteiger partial charge in [-0.25, -0.2) is 0 Å². The maximum atomic E-state index is 8.92. The SMILES string of the molecule is CC(CO)=NOCc1ccccc1Nc1c(Cl)ccc(C)c1Cl. The normalized spacial score (nSPS) is 11.4. The molecule has 122 valence electrons. The van der Waals surface area contributed by atoms with Crippen LogP contribution in [0.3, 0.4) is 0 Å². The van der Waals surface area contributed by atoms with Crippen LogP contribution in [-0.4, -0.2) is 17.4 Å². The number of anilines is 2. The fraction of sp³-hybridized carbons (Fsp3) is 0.235. The number of nitrogens with one attached hydrogen (secondary N) is 1. The zero-order valence-electron chi connectivity index (χ0n) is 12.9. The molecule has 0 saturated heterocycles. The summed E-state index contributed by atoms with van der Waals surface area (Å²) in [7, 11) is 0. The smallest absolute Gasteiger partial charge is 0.144 e. The van der Waals surface area contributed by atoms with Gasteiger partial charge >= 0.3 is 0 Å². The van der Waals surface area contributed by atoms with Crippen molar-refractivity contribution in [1.29, 1.82) is 0 Å². The van der Waals surface area contributed by atoms with Crippen LogP contribution in [0, 0.1) is 6.92 Å². The monoisotopic (exact) mass is 352 g/mol. The number of para-hydroxylation sites is 1. The lowest BCUT2D eigenvalue weighted by Crippen LogP contribution is -2.01. The Morgan fingerprint density at radius 2 is 1.96 bits per heavy atom. The van der Waals surface area contributed by atoms with Gasteiger partial charge in [0.2, 0.25) is 0 Å². The molecule has 2 aromatic rings. The predicted molar refractivity (Wildman–Crippen MR) is 95.9 cm³/mol. The van der Waals surface area contributed by atoms with Crippen molar-refractivity contribution in [1.82, 2.24) is 0 Å². The van der Waals surface area contributed by atoms with Crippen LogP contribution in [0.5, 0.6) is 0 Å². The average molecular weight is 353 g/mol. The van der Waals surface area contributed by atoms with Crippen molar-refractivity contribution in [2.75, 3.05) is 11.9 Å². The molecule has 2 rings (SSSR count). The molecule has 0 aliphatic carbocycles. The summed E-state index contributed by atoms with van der Waals surface area (Å²) in [5, 5.41) is 17.1. The topological polar surface area (TPSA) is 53.9 Å². The second kappa shape index (κ2) is 8.20. The van der Waals surface area contributed by atoms with Crippen molar-refractivity contribution >= 4 is 40.3 Å². The number of rotatable bonds is 6. The number of benzene rings is 2. The first kappa shape index (κ1) is 17.6. The van der Waals surface area contributed by atoms with Gasteiger partial charge in [0.1, 0.15) is 6.61 Å². The fourth-order valence-electron chi connectivity index (χ4n) is 1.91. The summed E-state index contributed by atoms with van der Waals surface area (Å²) in [6.45, 7) is 3.75. The Bertz CT molecular complexity index is 718. The first-order valence-electron chi connectivity index (χ1n) is 7.08. The zero-order chi connectivity index (χ0) is 16.8. The molecular weight excluding hydrogens is 335 g/mol. The summed E-state index contributed by atoms with van der Waals surface area (Å²) in [6.07, 6.45) is 0. The second-order valence-corrected chi connectivity index (χ2v) is 5.88. The van der Waals surface area contributed by atoms with Crippen LogP contribution in [-0.2, 0) is 11.4 Å². The summed E-state index contributed by atoms with van der Waals surface area (Å²) in [4.78, 5) is 5.26. The molecular formula is C17H18Cl2N2O2. The molecule has 0 fully saturated rings. The van der Waals surface area contributed by atoms with E-state index in [0.29, 0.717) is 21.4 Å². The van der Waals surface area contributed by atoms with E-state index < -0.39 is 0 Å². The number of aliphatic hydroxyl groups excluding tert-OH is 1. The van der Waals surface area contributed by atoms with Crippen molar-refractivity contribution in [3.05, 3.63) is 57.6 Å². The molecule has 0 aliphatic rings. The Morgan fingerprint density at radius 1 is 1.22 bits per heavy atom. The minimum Gasteiger partial charge on any atom is -0.391 e. The standard InChI is InChI=1S/C17H18Cl2N2O2/c1-11-7-8-14(18)17(16(11)19)20-15-6-4-3-5-13(15)10-23-21-12(2)9-22/h3-8,20,22H,9-10H2,1-2H3. The summed E-state index contributed by atoms with van der Waals surface area (Å²) in [5.74, 6) is 0. The summed E-state index contributed by atoms with van der Waals surface area (Å²) in [6, 6.07) is 11.3. The lowest BCUT2D eigenvalue weighted by molar-refractivity contribution is 0.128. The van der Waals surface area contributed by atoms with Gasteiger partial charge in [-0.2, -0.15) is 0 Å². The van der Waals surface area contributed by atoms with E-state index in [2.05, 4.69) is 10.5 Å². The molecule has 0 saturated carbocycles. The van der Waals surface area contributed by atoms with Gasteiger partial charge in [0.05, 0.1) is 28.1 Å². The minimum absolute atomic E-state index is 0.131. The van der Waals surface area contributed by atoms with E-state index in [1.54, 1.807) is 13.0 Å². The van der Waals surface area contributed by atoms with E-state index in [9.17, 15) is 0 Å². The van der Waals surface area contributed by atoms with Crippen LogP contribution in [0.15, 0.2) is 41.6 Å². The van der Waals surface area contributed by atoms with Crippen molar-refractivity contribution in [3.63, 3.8) is 0 Å². The summed E-state index contributed by atoms with van der Waals surface area (Å²) in [5.41, 5.74) is 3.85. The van der Waals surface area contributed by atoms with Crippen LogP contribution in [0.1, 0.15) is 18.1 Å². The molecule has 0 aromatic heterocycles. The summed E-state index contributed by atoms with van der Waals surface area (Å²) < 4.78 is 0. The van der Waals surface area contributed by atoms with Crippen LogP contribution in [0.2, 0.25) is 10.0 Å². The number of halogens is 2. The third kappa shape index (κ3) is 4.61. The molecule has 0 radical (unpaired) electrons. The number of hydrogen-bond acceptors (Lipinski definition) is 4. The van der Waals surface area contributed by atoms with Gasteiger partial charge in [-0.15, -0.1) is 0 Å². The molecule has 2 N–H and O–H groups in total. The van der Waals surface area contributed by atoms with E-state index in [4.69, 9.17) is 33.1 Å². The lowest BCUT2D eigenvalue weighted by atomic mass is 10.1. The number of aliphatic hydroxyl groups is 1. The second-order valence-electron chi connectivity index (χ2n) is 5.09. The highest BCUT2D eigenvalue weighted by molar-refractivity contribution is 6.39. The van der Waals surface area contributed by atoms with Gasteiger partial charge < -0.3 is 15.3 Å². The third-order valence-electron chi connectivity index (χ3n) is 3.23. The van der Waals surface area contributed by atoms with Crippen LogP contribution >= 0.6 is 23.2 Å². The van der Waals surface area contributed by atoms with E-state index in [1.807, 2.05) is 37.3 Å². The van der Waals surface area contributed by atoms with Gasteiger partial charge in [-0.3, -0.25) is 0 Å². The predicted octanol–water partition coefficient (Wildman–Crippen LogP) is 4.93. The molecule has 4 nitrogen and oxygen atoms in total. The first-order chi connectivity index (χ1) is 11.0. The number of oxime groups is 1. The van der Waals surface area contributed by atoms with Crippen LogP contribution < -0.4 is 5.32 Å². The van der Waals surface area contributed by atoms with Crippen LogP contribution in [0.4, 0.5) is 11.4 Å². The Hall–Kier alpha value is -1.75. The highest BCUT2D eigenvalue weighted by atomic mass is 35.5. The zero-order valence-corrected chi connectivity index (χ0v) is 14.4. The van der Waals surface area contributed by atoms with Gasteiger partial charge in [-0.1, -0.05) is 52.6 Å².